The summed E-state index contributed by atoms with van der Waals surface area (Å²) in [5, 5.41) is 0. The van der Waals surface area contributed by atoms with Gasteiger partial charge in [-0.2, -0.15) is 0 Å². The molecule has 0 N–H and O–H groups in total. The Labute approximate surface area is 88.1 Å². The summed E-state index contributed by atoms with van der Waals surface area (Å²) < 4.78 is 0. The molecule has 0 heteroatoms. The Bertz CT molecular complexity index is 257. The second kappa shape index (κ2) is 3.92. The maximum absolute atomic E-state index is 2.44. The second-order valence-electron chi connectivity index (χ2n) is 5.30. The summed E-state index contributed by atoms with van der Waals surface area (Å²) >= 11 is 0. The highest BCUT2D eigenvalue weighted by atomic mass is 14.4. The number of fused-ring (bicyclic) bond motifs is 1. The van der Waals surface area contributed by atoms with E-state index in [9.17, 15) is 0 Å². The molecule has 78 valence electrons. The van der Waals surface area contributed by atoms with Gasteiger partial charge in [0, 0.05) is 0 Å². The average Bonchev–Trinajstić information content (AvgIpc) is 2.17. The minimum absolute atomic E-state index is 0.730. The van der Waals surface area contributed by atoms with Gasteiger partial charge in [0.05, 0.1) is 0 Å². The van der Waals surface area contributed by atoms with Crippen molar-refractivity contribution in [1.82, 2.24) is 0 Å². The van der Waals surface area contributed by atoms with Gasteiger partial charge >= 0.3 is 0 Å². The molecule has 2 rings (SSSR count). The molecule has 1 fully saturated rings. The summed E-state index contributed by atoms with van der Waals surface area (Å²) in [6, 6.07) is 0. The molecule has 2 aliphatic rings. The molecule has 1 saturated carbocycles. The maximum atomic E-state index is 2.44. The monoisotopic (exact) mass is 190 g/mol. The Balaban J connectivity index is 2.24. The third-order valence-corrected chi connectivity index (χ3v) is 3.97. The summed E-state index contributed by atoms with van der Waals surface area (Å²) in [4.78, 5) is 0. The fourth-order valence-electron chi connectivity index (χ4n) is 3.25. The van der Waals surface area contributed by atoms with Crippen LogP contribution in [0, 0.1) is 23.7 Å². The van der Waals surface area contributed by atoms with Crippen LogP contribution < -0.4 is 0 Å². The molecule has 0 aromatic rings. The molecular weight excluding hydrogens is 168 g/mol. The molecule has 0 spiro atoms. The first-order valence-electron chi connectivity index (χ1n) is 6.08. The van der Waals surface area contributed by atoms with Gasteiger partial charge in [-0.1, -0.05) is 57.4 Å². The molecule has 0 nitrogen and oxygen atoms in total. The van der Waals surface area contributed by atoms with E-state index >= 15 is 0 Å². The molecular formula is C14H22. The topological polar surface area (TPSA) is 0 Å². The van der Waals surface area contributed by atoms with E-state index in [4.69, 9.17) is 0 Å². The van der Waals surface area contributed by atoms with Crippen LogP contribution >= 0.6 is 0 Å². The molecule has 0 aliphatic heterocycles. The highest BCUT2D eigenvalue weighted by Gasteiger charge is 2.33. The maximum Gasteiger partial charge on any atom is -0.0109 e. The van der Waals surface area contributed by atoms with Gasteiger partial charge in [-0.15, -0.1) is 0 Å². The van der Waals surface area contributed by atoms with E-state index < -0.39 is 0 Å². The van der Waals surface area contributed by atoms with Crippen molar-refractivity contribution in [2.24, 2.45) is 23.7 Å². The Morgan fingerprint density at radius 2 is 2.07 bits per heavy atom. The number of hydrogen-bond donors (Lipinski definition) is 0. The van der Waals surface area contributed by atoms with Crippen LogP contribution in [0.25, 0.3) is 0 Å². The lowest BCUT2D eigenvalue weighted by Gasteiger charge is -2.40. The van der Waals surface area contributed by atoms with Crippen LogP contribution in [0.2, 0.25) is 0 Å². The average molecular weight is 190 g/mol. The smallest absolute Gasteiger partial charge is 0.0109 e. The van der Waals surface area contributed by atoms with E-state index in [1.807, 2.05) is 0 Å². The molecule has 14 heavy (non-hydrogen) atoms. The molecule has 0 bridgehead atoms. The van der Waals surface area contributed by atoms with Crippen molar-refractivity contribution in [2.75, 3.05) is 0 Å². The van der Waals surface area contributed by atoms with Crippen molar-refractivity contribution in [1.29, 1.82) is 0 Å². The lowest BCUT2D eigenvalue weighted by Crippen LogP contribution is -2.30. The van der Waals surface area contributed by atoms with Crippen molar-refractivity contribution < 1.29 is 0 Å². The van der Waals surface area contributed by atoms with Crippen molar-refractivity contribution in [2.45, 2.75) is 40.0 Å². The van der Waals surface area contributed by atoms with Crippen LogP contribution in [-0.2, 0) is 0 Å². The van der Waals surface area contributed by atoms with E-state index in [0.717, 1.165) is 23.7 Å². The quantitative estimate of drug-likeness (QED) is 0.581. The summed E-state index contributed by atoms with van der Waals surface area (Å²) in [6.07, 6.45) is 11.4. The first kappa shape index (κ1) is 10.0. The Morgan fingerprint density at radius 1 is 1.29 bits per heavy atom. The third-order valence-electron chi connectivity index (χ3n) is 3.97. The zero-order chi connectivity index (χ0) is 10.1. The fraction of sp³-hybridized carbons (Fsp3) is 0.714. The molecule has 0 radical (unpaired) electrons. The predicted octanol–water partition coefficient (Wildman–Crippen LogP) is 4.19. The van der Waals surface area contributed by atoms with E-state index in [0.29, 0.717) is 0 Å². The van der Waals surface area contributed by atoms with Gasteiger partial charge in [0.1, 0.15) is 0 Å². The molecule has 3 atom stereocenters. The number of allylic oxidation sites excluding steroid dienone is 4. The Kier molecular flexibility index (Phi) is 2.80. The molecule has 2 aliphatic carbocycles. The normalized spacial score (nSPS) is 36.9. The first-order valence-corrected chi connectivity index (χ1v) is 6.08. The van der Waals surface area contributed by atoms with Gasteiger partial charge in [-0.05, 0) is 30.1 Å². The molecule has 0 aromatic heterocycles. The van der Waals surface area contributed by atoms with Crippen molar-refractivity contribution in [3.63, 3.8) is 0 Å². The van der Waals surface area contributed by atoms with E-state index in [2.05, 4.69) is 39.0 Å². The summed E-state index contributed by atoms with van der Waals surface area (Å²) in [5.74, 6) is 3.33. The Hall–Kier alpha value is -0.520. The van der Waals surface area contributed by atoms with E-state index in [-0.39, 0.29) is 0 Å². The van der Waals surface area contributed by atoms with Crippen molar-refractivity contribution in [3.8, 4) is 0 Å². The predicted molar refractivity (Wildman–Crippen MR) is 62.1 cm³/mol. The molecule has 3 unspecified atom stereocenters. The Morgan fingerprint density at radius 3 is 2.79 bits per heavy atom. The van der Waals surface area contributed by atoms with Gasteiger partial charge in [0.25, 0.3) is 0 Å². The molecule has 0 heterocycles. The SMILES string of the molecule is CC(C)C1=CC=CC2CCCC(C)C12. The molecule has 0 aromatic carbocycles. The largest absolute Gasteiger partial charge is 0.0808 e. The number of rotatable bonds is 1. The minimum Gasteiger partial charge on any atom is -0.0808 e. The molecule has 0 saturated heterocycles. The van der Waals surface area contributed by atoms with Crippen molar-refractivity contribution in [3.05, 3.63) is 23.8 Å². The zero-order valence-corrected chi connectivity index (χ0v) is 9.66. The molecule has 0 amide bonds. The zero-order valence-electron chi connectivity index (χ0n) is 9.66. The lowest BCUT2D eigenvalue weighted by atomic mass is 9.65. The van der Waals surface area contributed by atoms with E-state index in [1.54, 1.807) is 5.57 Å². The van der Waals surface area contributed by atoms with Crippen LogP contribution in [0.3, 0.4) is 0 Å². The summed E-state index contributed by atoms with van der Waals surface area (Å²) in [6.45, 7) is 7.11. The van der Waals surface area contributed by atoms with Gasteiger partial charge in [0.2, 0.25) is 0 Å². The van der Waals surface area contributed by atoms with Crippen LogP contribution in [0.1, 0.15) is 40.0 Å². The standard InChI is InChI=1S/C14H22/c1-10(2)13-9-5-8-12-7-4-6-11(3)14(12)13/h5,8-12,14H,4,6-7H2,1-3H3. The van der Waals surface area contributed by atoms with E-state index in [1.165, 1.54) is 19.3 Å². The van der Waals surface area contributed by atoms with Crippen molar-refractivity contribution >= 4 is 0 Å². The first-order chi connectivity index (χ1) is 6.70. The van der Waals surface area contributed by atoms with Crippen LogP contribution in [0.5, 0.6) is 0 Å². The number of hydrogen-bond acceptors (Lipinski definition) is 0. The lowest BCUT2D eigenvalue weighted by molar-refractivity contribution is 0.220. The van der Waals surface area contributed by atoms with Gasteiger partial charge in [-0.3, -0.25) is 0 Å². The minimum atomic E-state index is 0.730. The van der Waals surface area contributed by atoms with Gasteiger partial charge < -0.3 is 0 Å². The summed E-state index contributed by atoms with van der Waals surface area (Å²) in [7, 11) is 0. The van der Waals surface area contributed by atoms with Crippen LogP contribution in [0.4, 0.5) is 0 Å². The highest BCUT2D eigenvalue weighted by Crippen LogP contribution is 2.43. The third kappa shape index (κ3) is 1.67. The highest BCUT2D eigenvalue weighted by molar-refractivity contribution is 5.26. The summed E-state index contributed by atoms with van der Waals surface area (Å²) in [5.41, 5.74) is 1.70. The van der Waals surface area contributed by atoms with Gasteiger partial charge in [-0.25, -0.2) is 0 Å². The second-order valence-corrected chi connectivity index (χ2v) is 5.30. The fourth-order valence-corrected chi connectivity index (χ4v) is 3.25. The van der Waals surface area contributed by atoms with Gasteiger partial charge in [0.15, 0.2) is 0 Å². The van der Waals surface area contributed by atoms with Crippen LogP contribution in [0.15, 0.2) is 23.8 Å². The van der Waals surface area contributed by atoms with Crippen LogP contribution in [-0.4, -0.2) is 0 Å².